The van der Waals surface area contributed by atoms with E-state index in [-0.39, 0.29) is 47.5 Å². The topological polar surface area (TPSA) is 85.6 Å². The molecular formula is C15H19N2NaO4. The van der Waals surface area contributed by atoms with E-state index < -0.39 is 12.0 Å². The molecule has 3 rings (SSSR count). The van der Waals surface area contributed by atoms with Crippen molar-refractivity contribution in [2.75, 3.05) is 6.54 Å². The molecule has 114 valence electrons. The predicted molar refractivity (Wildman–Crippen MR) is 72.1 cm³/mol. The molecule has 7 heteroatoms. The summed E-state index contributed by atoms with van der Waals surface area (Å²) in [6.07, 6.45) is 5.27. The summed E-state index contributed by atoms with van der Waals surface area (Å²) in [5.41, 5.74) is 0. The van der Waals surface area contributed by atoms with Gasteiger partial charge < -0.3 is 19.6 Å². The Bertz CT molecular complexity index is 516. The molecule has 1 amide bonds. The van der Waals surface area contributed by atoms with Gasteiger partial charge in [-0.2, -0.15) is 0 Å². The molecule has 2 heterocycles. The van der Waals surface area contributed by atoms with Crippen LogP contribution in [0.4, 0.5) is 0 Å². The first-order chi connectivity index (χ1) is 10.2. The van der Waals surface area contributed by atoms with E-state index >= 15 is 0 Å². The summed E-state index contributed by atoms with van der Waals surface area (Å²) in [4.78, 5) is 25.3. The minimum atomic E-state index is -1.06. The maximum absolute atomic E-state index is 12.3. The molecule has 1 aromatic heterocycles. The Kier molecular flexibility index (Phi) is 6.09. The smallest absolute Gasteiger partial charge is 0.548 e. The van der Waals surface area contributed by atoms with Crippen LogP contribution < -0.4 is 40.0 Å². The van der Waals surface area contributed by atoms with Gasteiger partial charge in [-0.15, -0.1) is 0 Å². The Morgan fingerprint density at radius 1 is 1.27 bits per heavy atom. The molecular weight excluding hydrogens is 295 g/mol. The molecule has 22 heavy (non-hydrogen) atoms. The number of carboxylic acid groups (broad SMARTS) is 1. The fraction of sp³-hybridized carbons (Fsp3) is 0.600. The summed E-state index contributed by atoms with van der Waals surface area (Å²) in [5.74, 6) is -0.321. The van der Waals surface area contributed by atoms with Crippen LogP contribution >= 0.6 is 0 Å². The van der Waals surface area contributed by atoms with Gasteiger partial charge >= 0.3 is 29.6 Å². The molecule has 2 fully saturated rings. The molecule has 0 aromatic carbocycles. The molecule has 6 nitrogen and oxygen atoms in total. The zero-order chi connectivity index (χ0) is 14.8. The van der Waals surface area contributed by atoms with Crippen molar-refractivity contribution in [1.29, 1.82) is 0 Å². The molecule has 2 atom stereocenters. The summed E-state index contributed by atoms with van der Waals surface area (Å²) in [7, 11) is 0. The van der Waals surface area contributed by atoms with Crippen molar-refractivity contribution in [3.63, 3.8) is 0 Å². The zero-order valence-electron chi connectivity index (χ0n) is 12.8. The van der Waals surface area contributed by atoms with Crippen LogP contribution in [0, 0.1) is 0 Å². The number of nitrogens with one attached hydrogen (secondary N) is 1. The van der Waals surface area contributed by atoms with E-state index in [2.05, 4.69) is 5.32 Å². The Balaban J connectivity index is 0.00000176. The predicted octanol–water partition coefficient (Wildman–Crippen LogP) is -3.31. The van der Waals surface area contributed by atoms with Crippen LogP contribution in [0.3, 0.4) is 0 Å². The standard InChI is InChI=1S/C15H20N2O4.Na/c18-14(16-8-7-11-2-1-9-21-11)12-5-6-13(15(19)20)17(12)10-3-4-10;/h1-2,9-10,12-13H,3-8H2,(H,16,18)(H,19,20);/q;+1/p-1. The molecule has 1 aromatic rings. The summed E-state index contributed by atoms with van der Waals surface area (Å²) in [6.45, 7) is 0.497. The van der Waals surface area contributed by atoms with E-state index in [4.69, 9.17) is 4.42 Å². The van der Waals surface area contributed by atoms with Gasteiger partial charge in [-0.3, -0.25) is 9.69 Å². The number of furan rings is 1. The minimum Gasteiger partial charge on any atom is -0.548 e. The van der Waals surface area contributed by atoms with Gasteiger partial charge in [-0.1, -0.05) is 0 Å². The third kappa shape index (κ3) is 3.93. The largest absolute Gasteiger partial charge is 1.00 e. The normalized spacial score (nSPS) is 24.7. The van der Waals surface area contributed by atoms with Gasteiger partial charge in [0.1, 0.15) is 5.76 Å². The number of amides is 1. The molecule has 0 spiro atoms. The van der Waals surface area contributed by atoms with Gasteiger partial charge in [0.2, 0.25) is 5.91 Å². The van der Waals surface area contributed by atoms with E-state index in [1.165, 1.54) is 0 Å². The molecule has 2 aliphatic rings. The molecule has 2 unspecified atom stereocenters. The molecule has 1 saturated carbocycles. The van der Waals surface area contributed by atoms with Crippen LogP contribution in [0.15, 0.2) is 22.8 Å². The van der Waals surface area contributed by atoms with E-state index in [0.29, 0.717) is 25.8 Å². The first kappa shape index (κ1) is 17.5. The van der Waals surface area contributed by atoms with Gasteiger partial charge in [-0.25, -0.2) is 0 Å². The molecule has 0 bridgehead atoms. The van der Waals surface area contributed by atoms with Gasteiger partial charge in [0, 0.05) is 19.0 Å². The van der Waals surface area contributed by atoms with Crippen molar-refractivity contribution in [3.8, 4) is 0 Å². The minimum absolute atomic E-state index is 0. The number of likely N-dealkylation sites (tertiary alicyclic amines) is 1. The summed E-state index contributed by atoms with van der Waals surface area (Å²) < 4.78 is 5.21. The van der Waals surface area contributed by atoms with Crippen molar-refractivity contribution < 1.29 is 48.7 Å². The third-order valence-electron chi connectivity index (χ3n) is 4.23. The SMILES string of the molecule is O=C([O-])C1CCC(C(=O)NCCc2ccco2)N1C1CC1.[Na+]. The van der Waals surface area contributed by atoms with Crippen molar-refractivity contribution in [2.24, 2.45) is 0 Å². The fourth-order valence-electron chi connectivity index (χ4n) is 3.10. The second kappa shape index (κ2) is 7.64. The Morgan fingerprint density at radius 3 is 2.59 bits per heavy atom. The van der Waals surface area contributed by atoms with Crippen molar-refractivity contribution in [1.82, 2.24) is 10.2 Å². The second-order valence-corrected chi connectivity index (χ2v) is 5.73. The monoisotopic (exact) mass is 314 g/mol. The van der Waals surface area contributed by atoms with Crippen LogP contribution in [0.2, 0.25) is 0 Å². The third-order valence-corrected chi connectivity index (χ3v) is 4.23. The number of hydrogen-bond acceptors (Lipinski definition) is 5. The number of rotatable bonds is 6. The number of nitrogens with zero attached hydrogens (tertiary/aromatic N) is 1. The van der Waals surface area contributed by atoms with Crippen molar-refractivity contribution in [2.45, 2.75) is 50.2 Å². The maximum Gasteiger partial charge on any atom is 1.00 e. The van der Waals surface area contributed by atoms with E-state index in [9.17, 15) is 14.7 Å². The van der Waals surface area contributed by atoms with Crippen LogP contribution in [0.1, 0.15) is 31.4 Å². The zero-order valence-corrected chi connectivity index (χ0v) is 14.8. The summed E-state index contributed by atoms with van der Waals surface area (Å²) >= 11 is 0. The first-order valence-corrected chi connectivity index (χ1v) is 7.45. The average molecular weight is 314 g/mol. The van der Waals surface area contributed by atoms with E-state index in [1.54, 1.807) is 6.26 Å². The van der Waals surface area contributed by atoms with Gasteiger partial charge in [-0.05, 0) is 37.8 Å². The van der Waals surface area contributed by atoms with Gasteiger partial charge in [0.15, 0.2) is 0 Å². The molecule has 1 aliphatic carbocycles. The van der Waals surface area contributed by atoms with Crippen LogP contribution in [-0.4, -0.2) is 41.4 Å². The van der Waals surface area contributed by atoms with Crippen LogP contribution in [0.25, 0.3) is 0 Å². The summed E-state index contributed by atoms with van der Waals surface area (Å²) in [5, 5.41) is 14.1. The number of carboxylic acids is 1. The summed E-state index contributed by atoms with van der Waals surface area (Å²) in [6, 6.07) is 2.96. The van der Waals surface area contributed by atoms with E-state index in [0.717, 1.165) is 18.6 Å². The number of hydrogen-bond donors (Lipinski definition) is 1. The average Bonchev–Trinajstić information content (AvgIpc) is 3.00. The van der Waals surface area contributed by atoms with E-state index in [1.807, 2.05) is 17.0 Å². The molecule has 0 radical (unpaired) electrons. The molecule has 1 saturated heterocycles. The van der Waals surface area contributed by atoms with Crippen molar-refractivity contribution >= 4 is 11.9 Å². The number of carbonyl (C=O) groups excluding carboxylic acids is 2. The Hall–Kier alpha value is -0.820. The van der Waals surface area contributed by atoms with Gasteiger partial charge in [0.05, 0.1) is 24.3 Å². The van der Waals surface area contributed by atoms with Crippen molar-refractivity contribution in [3.05, 3.63) is 24.2 Å². The second-order valence-electron chi connectivity index (χ2n) is 5.73. The Labute approximate surface area is 151 Å². The number of carbonyl (C=O) groups is 2. The van der Waals surface area contributed by atoms with Crippen LogP contribution in [-0.2, 0) is 16.0 Å². The molecule has 1 aliphatic heterocycles. The maximum atomic E-state index is 12.3. The molecule has 1 N–H and O–H groups in total. The Morgan fingerprint density at radius 2 is 2.00 bits per heavy atom. The van der Waals surface area contributed by atoms with Gasteiger partial charge in [0.25, 0.3) is 0 Å². The number of aliphatic carboxylic acids is 1. The fourth-order valence-corrected chi connectivity index (χ4v) is 3.10. The quantitative estimate of drug-likeness (QED) is 0.556. The van der Waals surface area contributed by atoms with Crippen LogP contribution in [0.5, 0.6) is 0 Å². The first-order valence-electron chi connectivity index (χ1n) is 7.45.